The van der Waals surface area contributed by atoms with Gasteiger partial charge < -0.3 is 19.1 Å². The summed E-state index contributed by atoms with van der Waals surface area (Å²) in [7, 11) is 3.17. The molecule has 0 fully saturated rings. The first-order chi connectivity index (χ1) is 12.5. The van der Waals surface area contributed by atoms with Gasteiger partial charge in [-0.1, -0.05) is 0 Å². The van der Waals surface area contributed by atoms with Crippen LogP contribution in [0, 0.1) is 5.82 Å². The van der Waals surface area contributed by atoms with Crippen LogP contribution in [0.25, 0.3) is 0 Å². The first-order valence-corrected chi connectivity index (χ1v) is 8.44. The van der Waals surface area contributed by atoms with E-state index in [0.29, 0.717) is 36.8 Å². The van der Waals surface area contributed by atoms with Crippen molar-refractivity contribution >= 4 is 5.91 Å². The number of benzene rings is 2. The summed E-state index contributed by atoms with van der Waals surface area (Å²) < 4.78 is 30.1. The second-order valence-corrected chi connectivity index (χ2v) is 6.18. The van der Waals surface area contributed by atoms with Gasteiger partial charge in [0.1, 0.15) is 17.7 Å². The number of halogens is 1. The maximum absolute atomic E-state index is 13.2. The lowest BCUT2D eigenvalue weighted by molar-refractivity contribution is -0.129. The smallest absolute Gasteiger partial charge is 0.219 e. The van der Waals surface area contributed by atoms with Gasteiger partial charge in [-0.3, -0.25) is 4.79 Å². The molecule has 2 aromatic rings. The monoisotopic (exact) mass is 359 g/mol. The summed E-state index contributed by atoms with van der Waals surface area (Å²) in [6.07, 6.45) is 0.306. The van der Waals surface area contributed by atoms with Crippen molar-refractivity contribution in [3.8, 4) is 17.2 Å². The molecule has 1 amide bonds. The third-order valence-electron chi connectivity index (χ3n) is 4.57. The number of hydrogen-bond acceptors (Lipinski definition) is 4. The van der Waals surface area contributed by atoms with E-state index in [4.69, 9.17) is 14.2 Å². The first-order valence-electron chi connectivity index (χ1n) is 8.44. The van der Waals surface area contributed by atoms with Crippen molar-refractivity contribution in [2.45, 2.75) is 19.4 Å². The summed E-state index contributed by atoms with van der Waals surface area (Å²) in [4.78, 5) is 13.7. The topological polar surface area (TPSA) is 48.0 Å². The Bertz CT molecular complexity index is 791. The number of carbonyl (C=O) groups excluding carboxylic acids is 1. The van der Waals surface area contributed by atoms with Gasteiger partial charge in [-0.25, -0.2) is 4.39 Å². The largest absolute Gasteiger partial charge is 0.493 e. The quantitative estimate of drug-likeness (QED) is 0.840. The summed E-state index contributed by atoms with van der Waals surface area (Å²) in [5.41, 5.74) is 1.98. The van der Waals surface area contributed by atoms with Crippen molar-refractivity contribution in [1.29, 1.82) is 0 Å². The molecule has 0 saturated carbocycles. The third kappa shape index (κ3) is 3.74. The van der Waals surface area contributed by atoms with E-state index in [9.17, 15) is 9.18 Å². The molecule has 0 saturated heterocycles. The van der Waals surface area contributed by atoms with Crippen LogP contribution in [0.4, 0.5) is 4.39 Å². The zero-order valence-electron chi connectivity index (χ0n) is 15.1. The van der Waals surface area contributed by atoms with E-state index >= 15 is 0 Å². The van der Waals surface area contributed by atoms with Crippen molar-refractivity contribution in [2.75, 3.05) is 27.3 Å². The van der Waals surface area contributed by atoms with Crippen molar-refractivity contribution in [3.63, 3.8) is 0 Å². The van der Waals surface area contributed by atoms with E-state index in [-0.39, 0.29) is 17.8 Å². The molecule has 1 unspecified atom stereocenters. The lowest BCUT2D eigenvalue weighted by Gasteiger charge is -2.25. The average Bonchev–Trinajstić information content (AvgIpc) is 2.82. The fourth-order valence-corrected chi connectivity index (χ4v) is 3.16. The molecular weight excluding hydrogens is 337 g/mol. The number of fused-ring (bicyclic) bond motifs is 1. The molecule has 1 aliphatic rings. The van der Waals surface area contributed by atoms with Gasteiger partial charge in [-0.15, -0.1) is 0 Å². The summed E-state index contributed by atoms with van der Waals surface area (Å²) in [6.45, 7) is 2.56. The SMILES string of the molecule is COc1cc2c(cc1OC)C(Oc1ccc(F)cc1)CN(C(C)=O)CC2. The number of hydrogen-bond donors (Lipinski definition) is 0. The molecule has 1 aliphatic heterocycles. The zero-order valence-corrected chi connectivity index (χ0v) is 15.1. The van der Waals surface area contributed by atoms with Crippen molar-refractivity contribution < 1.29 is 23.4 Å². The van der Waals surface area contributed by atoms with Gasteiger partial charge in [0, 0.05) is 19.0 Å². The minimum absolute atomic E-state index is 0.00978. The second-order valence-electron chi connectivity index (χ2n) is 6.18. The normalized spacial score (nSPS) is 16.5. The Labute approximate surface area is 152 Å². The number of nitrogens with zero attached hydrogens (tertiary/aromatic N) is 1. The fourth-order valence-electron chi connectivity index (χ4n) is 3.16. The first kappa shape index (κ1) is 18.0. The van der Waals surface area contributed by atoms with Gasteiger partial charge in [-0.2, -0.15) is 0 Å². The van der Waals surface area contributed by atoms with E-state index in [0.717, 1.165) is 11.1 Å². The molecule has 0 bridgehead atoms. The van der Waals surface area contributed by atoms with Crippen LogP contribution in [-0.2, 0) is 11.2 Å². The molecule has 26 heavy (non-hydrogen) atoms. The Balaban J connectivity index is 2.01. The van der Waals surface area contributed by atoms with Crippen LogP contribution in [0.1, 0.15) is 24.2 Å². The fraction of sp³-hybridized carbons (Fsp3) is 0.350. The van der Waals surface area contributed by atoms with Gasteiger partial charge >= 0.3 is 0 Å². The van der Waals surface area contributed by atoms with Crippen LogP contribution in [0.2, 0.25) is 0 Å². The maximum atomic E-state index is 13.2. The molecule has 0 N–H and O–H groups in total. The van der Waals surface area contributed by atoms with Crippen LogP contribution in [0.5, 0.6) is 17.2 Å². The van der Waals surface area contributed by atoms with E-state index in [1.165, 1.54) is 12.1 Å². The lowest BCUT2D eigenvalue weighted by atomic mass is 10.00. The Morgan fingerprint density at radius 1 is 1.12 bits per heavy atom. The number of amides is 1. The number of carbonyl (C=O) groups is 1. The highest BCUT2D eigenvalue weighted by atomic mass is 19.1. The van der Waals surface area contributed by atoms with Crippen LogP contribution in [0.15, 0.2) is 36.4 Å². The highest BCUT2D eigenvalue weighted by Crippen LogP contribution is 2.37. The molecule has 2 aromatic carbocycles. The zero-order chi connectivity index (χ0) is 18.7. The van der Waals surface area contributed by atoms with Gasteiger partial charge in [0.05, 0.1) is 20.8 Å². The minimum atomic E-state index is -0.387. The van der Waals surface area contributed by atoms with E-state index in [1.54, 1.807) is 38.2 Å². The molecule has 1 heterocycles. The molecule has 0 aromatic heterocycles. The van der Waals surface area contributed by atoms with Gasteiger partial charge in [-0.05, 0) is 48.4 Å². The Morgan fingerprint density at radius 2 is 1.77 bits per heavy atom. The molecule has 3 rings (SSSR count). The van der Waals surface area contributed by atoms with Crippen LogP contribution >= 0.6 is 0 Å². The molecule has 138 valence electrons. The minimum Gasteiger partial charge on any atom is -0.493 e. The van der Waals surface area contributed by atoms with Gasteiger partial charge in [0.25, 0.3) is 0 Å². The molecule has 0 spiro atoms. The molecule has 6 heteroatoms. The highest BCUT2D eigenvalue weighted by Gasteiger charge is 2.28. The predicted octanol–water partition coefficient (Wildman–Crippen LogP) is 3.37. The molecular formula is C20H22FNO4. The van der Waals surface area contributed by atoms with E-state index < -0.39 is 0 Å². The molecule has 0 aliphatic carbocycles. The summed E-state index contributed by atoms with van der Waals surface area (Å²) in [6, 6.07) is 9.69. The van der Waals surface area contributed by atoms with Crippen molar-refractivity contribution in [2.24, 2.45) is 0 Å². The standard InChI is InChI=1S/C20H22FNO4/c1-13(23)22-9-8-14-10-18(24-2)19(25-3)11-17(14)20(12-22)26-16-6-4-15(21)5-7-16/h4-7,10-11,20H,8-9,12H2,1-3H3. The van der Waals surface area contributed by atoms with Crippen LogP contribution in [0.3, 0.4) is 0 Å². The Kier molecular flexibility index (Phi) is 5.30. The highest BCUT2D eigenvalue weighted by molar-refractivity contribution is 5.73. The Morgan fingerprint density at radius 3 is 2.38 bits per heavy atom. The number of ether oxygens (including phenoxy) is 3. The molecule has 1 atom stereocenters. The summed E-state index contributed by atoms with van der Waals surface area (Å²) in [5, 5.41) is 0. The summed E-state index contributed by atoms with van der Waals surface area (Å²) in [5.74, 6) is 1.46. The van der Waals surface area contributed by atoms with E-state index in [1.807, 2.05) is 12.1 Å². The van der Waals surface area contributed by atoms with Crippen LogP contribution < -0.4 is 14.2 Å². The molecule has 0 radical (unpaired) electrons. The van der Waals surface area contributed by atoms with Crippen molar-refractivity contribution in [3.05, 3.63) is 53.3 Å². The van der Waals surface area contributed by atoms with Gasteiger partial charge in [0.15, 0.2) is 11.5 Å². The van der Waals surface area contributed by atoms with Gasteiger partial charge in [0.2, 0.25) is 5.91 Å². The predicted molar refractivity (Wildman–Crippen MR) is 95.3 cm³/mol. The number of methoxy groups -OCH3 is 2. The lowest BCUT2D eigenvalue weighted by Crippen LogP contribution is -2.34. The second kappa shape index (κ2) is 7.64. The van der Waals surface area contributed by atoms with Crippen molar-refractivity contribution in [1.82, 2.24) is 4.90 Å². The average molecular weight is 359 g/mol. The Hall–Kier alpha value is -2.76. The van der Waals surface area contributed by atoms with Crippen LogP contribution in [-0.4, -0.2) is 38.1 Å². The summed E-state index contributed by atoms with van der Waals surface area (Å²) >= 11 is 0. The maximum Gasteiger partial charge on any atom is 0.219 e. The number of rotatable bonds is 4. The third-order valence-corrected chi connectivity index (χ3v) is 4.57. The van der Waals surface area contributed by atoms with E-state index in [2.05, 4.69) is 0 Å². The molecule has 5 nitrogen and oxygen atoms in total.